The van der Waals surface area contributed by atoms with Crippen LogP contribution in [0.4, 0.5) is 79.0 Å². The Hall–Kier alpha value is -2.04. The molecular formula is C15H6F18. The van der Waals surface area contributed by atoms with Crippen LogP contribution in [-0.4, -0.2) is 36.0 Å². The Morgan fingerprint density at radius 2 is 0.636 bits per heavy atom. The molecule has 0 N–H and O–H groups in total. The van der Waals surface area contributed by atoms with Crippen LogP contribution in [-0.2, 0) is 11.8 Å². The van der Waals surface area contributed by atoms with Gasteiger partial charge < -0.3 is 0 Å². The van der Waals surface area contributed by atoms with Crippen molar-refractivity contribution in [2.24, 2.45) is 0 Å². The van der Waals surface area contributed by atoms with Crippen LogP contribution in [0.25, 0.3) is 0 Å². The Labute approximate surface area is 170 Å². The van der Waals surface area contributed by atoms with E-state index in [1.807, 2.05) is 0 Å². The molecule has 0 nitrogen and oxygen atoms in total. The monoisotopic (exact) mass is 528 g/mol. The van der Waals surface area contributed by atoms with Gasteiger partial charge in [-0.2, -0.15) is 79.0 Å². The zero-order valence-electron chi connectivity index (χ0n) is 15.0. The van der Waals surface area contributed by atoms with E-state index in [0.29, 0.717) is 6.92 Å². The Morgan fingerprint density at radius 1 is 0.394 bits per heavy atom. The normalized spacial score (nSPS) is 15.7. The molecule has 0 aliphatic carbocycles. The first-order valence-corrected chi connectivity index (χ1v) is 7.63. The SMILES string of the molecule is Cc1cc(C(F)(F)C(F)(F)C(F)(F)C(F)(F)F)cc(C(F)(F)C(F)(F)C(F)(F)C(F)(F)F)c1. The minimum absolute atomic E-state index is 0.305. The van der Waals surface area contributed by atoms with Gasteiger partial charge in [-0.25, -0.2) is 0 Å². The van der Waals surface area contributed by atoms with Gasteiger partial charge in [0.05, 0.1) is 0 Å². The molecule has 0 atom stereocenters. The van der Waals surface area contributed by atoms with E-state index in [2.05, 4.69) is 0 Å². The van der Waals surface area contributed by atoms with Gasteiger partial charge in [-0.05, 0) is 25.1 Å². The molecule has 0 fully saturated rings. The molecule has 1 aromatic carbocycles. The number of alkyl halides is 18. The average Bonchev–Trinajstić information content (AvgIpc) is 2.58. The number of aryl methyl sites for hydroxylation is 1. The predicted molar refractivity (Wildman–Crippen MR) is 70.9 cm³/mol. The first-order valence-electron chi connectivity index (χ1n) is 7.63. The summed E-state index contributed by atoms with van der Waals surface area (Å²) in [4.78, 5) is 0. The van der Waals surface area contributed by atoms with Crippen molar-refractivity contribution in [3.05, 3.63) is 34.9 Å². The van der Waals surface area contributed by atoms with E-state index in [4.69, 9.17) is 0 Å². The maximum absolute atomic E-state index is 13.9. The van der Waals surface area contributed by atoms with Crippen LogP contribution >= 0.6 is 0 Å². The number of hydrogen-bond donors (Lipinski definition) is 0. The van der Waals surface area contributed by atoms with Crippen molar-refractivity contribution in [3.63, 3.8) is 0 Å². The molecule has 0 unspecified atom stereocenters. The second-order valence-corrected chi connectivity index (χ2v) is 6.53. The summed E-state index contributed by atoms with van der Waals surface area (Å²) in [5.74, 6) is -43.5. The number of hydrogen-bond acceptors (Lipinski definition) is 0. The molecule has 192 valence electrons. The lowest BCUT2D eigenvalue weighted by Crippen LogP contribution is -2.60. The van der Waals surface area contributed by atoms with E-state index < -0.39 is 82.8 Å². The van der Waals surface area contributed by atoms with Crippen molar-refractivity contribution in [2.75, 3.05) is 0 Å². The predicted octanol–water partition coefficient (Wildman–Crippen LogP) is 7.84. The molecule has 0 aromatic heterocycles. The number of halogens is 18. The molecule has 1 aromatic rings. The first-order chi connectivity index (χ1) is 14.1. The van der Waals surface area contributed by atoms with E-state index in [1.165, 1.54) is 0 Å². The van der Waals surface area contributed by atoms with Crippen molar-refractivity contribution in [3.8, 4) is 0 Å². The number of benzene rings is 1. The van der Waals surface area contributed by atoms with E-state index in [9.17, 15) is 79.0 Å². The summed E-state index contributed by atoms with van der Waals surface area (Å²) in [6.45, 7) is 0.305. The van der Waals surface area contributed by atoms with Crippen molar-refractivity contribution >= 4 is 0 Å². The quantitative estimate of drug-likeness (QED) is 0.330. The Kier molecular flexibility index (Phi) is 6.57. The Bertz CT molecular complexity index is 804. The molecule has 0 radical (unpaired) electrons. The van der Waals surface area contributed by atoms with Gasteiger partial charge in [0.15, 0.2) is 0 Å². The highest BCUT2D eigenvalue weighted by atomic mass is 19.4. The second kappa shape index (κ2) is 7.48. The van der Waals surface area contributed by atoms with Gasteiger partial charge in [-0.15, -0.1) is 0 Å². The summed E-state index contributed by atoms with van der Waals surface area (Å²) in [5.41, 5.74) is -7.17. The maximum atomic E-state index is 13.9. The van der Waals surface area contributed by atoms with Crippen LogP contribution in [0.3, 0.4) is 0 Å². The van der Waals surface area contributed by atoms with Gasteiger partial charge in [0, 0.05) is 11.1 Å². The lowest BCUT2D eigenvalue weighted by Gasteiger charge is -2.35. The van der Waals surface area contributed by atoms with Gasteiger partial charge in [-0.1, -0.05) is 5.56 Å². The third-order valence-electron chi connectivity index (χ3n) is 4.09. The lowest BCUT2D eigenvalue weighted by atomic mass is 9.90. The molecule has 1 rings (SSSR count). The molecule has 18 heteroatoms. The standard InChI is InChI=1S/C15H6F18/c1-5-2-6(8(16,17)10(20,21)12(24,25)14(28,29)30)4-7(3-5)9(18,19)11(22,23)13(26,27)15(31,32)33/h2-4H,1H3. The molecule has 0 aliphatic rings. The highest BCUT2D eigenvalue weighted by Crippen LogP contribution is 2.59. The molecule has 0 heterocycles. The highest BCUT2D eigenvalue weighted by molar-refractivity contribution is 5.37. The van der Waals surface area contributed by atoms with Gasteiger partial charge >= 0.3 is 47.9 Å². The summed E-state index contributed by atoms with van der Waals surface area (Å²) in [6, 6.07) is -2.26. The van der Waals surface area contributed by atoms with Crippen LogP contribution in [0.1, 0.15) is 16.7 Å². The fourth-order valence-corrected chi connectivity index (χ4v) is 2.26. The highest BCUT2D eigenvalue weighted by Gasteiger charge is 2.83. The zero-order valence-corrected chi connectivity index (χ0v) is 15.0. The molecule has 0 amide bonds. The lowest BCUT2D eigenvalue weighted by molar-refractivity contribution is -0.400. The minimum Gasteiger partial charge on any atom is -0.194 e. The molecule has 0 saturated heterocycles. The largest absolute Gasteiger partial charge is 0.460 e. The minimum atomic E-state index is -7.54. The Morgan fingerprint density at radius 3 is 0.848 bits per heavy atom. The zero-order chi connectivity index (χ0) is 26.9. The molecular weight excluding hydrogens is 522 g/mol. The van der Waals surface area contributed by atoms with Crippen molar-refractivity contribution < 1.29 is 79.0 Å². The summed E-state index contributed by atoms with van der Waals surface area (Å²) in [5, 5.41) is 0. The van der Waals surface area contributed by atoms with Crippen molar-refractivity contribution in [2.45, 2.75) is 54.8 Å². The fourth-order valence-electron chi connectivity index (χ4n) is 2.26. The van der Waals surface area contributed by atoms with E-state index >= 15 is 0 Å². The van der Waals surface area contributed by atoms with Crippen LogP contribution in [0.2, 0.25) is 0 Å². The molecule has 33 heavy (non-hydrogen) atoms. The summed E-state index contributed by atoms with van der Waals surface area (Å²) >= 11 is 0. The van der Waals surface area contributed by atoms with E-state index in [1.54, 1.807) is 0 Å². The Balaban J connectivity index is 3.80. The number of rotatable bonds is 6. The van der Waals surface area contributed by atoms with Crippen LogP contribution in [0, 0.1) is 6.92 Å². The third-order valence-corrected chi connectivity index (χ3v) is 4.09. The van der Waals surface area contributed by atoms with Crippen LogP contribution in [0.5, 0.6) is 0 Å². The summed E-state index contributed by atoms with van der Waals surface area (Å²) in [6.07, 6.45) is -14.7. The van der Waals surface area contributed by atoms with Gasteiger partial charge in [0.2, 0.25) is 0 Å². The fraction of sp³-hybridized carbons (Fsp3) is 0.600. The maximum Gasteiger partial charge on any atom is 0.460 e. The smallest absolute Gasteiger partial charge is 0.194 e. The topological polar surface area (TPSA) is 0 Å². The van der Waals surface area contributed by atoms with Crippen molar-refractivity contribution in [1.82, 2.24) is 0 Å². The third kappa shape index (κ3) is 4.06. The molecule has 0 spiro atoms. The second-order valence-electron chi connectivity index (χ2n) is 6.53. The van der Waals surface area contributed by atoms with Gasteiger partial charge in [-0.3, -0.25) is 0 Å². The van der Waals surface area contributed by atoms with Gasteiger partial charge in [0.1, 0.15) is 0 Å². The summed E-state index contributed by atoms with van der Waals surface area (Å²) in [7, 11) is 0. The average molecular weight is 528 g/mol. The van der Waals surface area contributed by atoms with E-state index in [-0.39, 0.29) is 0 Å². The van der Waals surface area contributed by atoms with E-state index in [0.717, 1.165) is 0 Å². The van der Waals surface area contributed by atoms with Gasteiger partial charge in [0.25, 0.3) is 0 Å². The molecule has 0 aliphatic heterocycles. The molecule has 0 bridgehead atoms. The first kappa shape index (κ1) is 29.0. The van der Waals surface area contributed by atoms with Crippen LogP contribution < -0.4 is 0 Å². The van der Waals surface area contributed by atoms with Crippen LogP contribution in [0.15, 0.2) is 18.2 Å². The van der Waals surface area contributed by atoms with Crippen molar-refractivity contribution in [1.29, 1.82) is 0 Å². The summed E-state index contributed by atoms with van der Waals surface area (Å²) < 4.78 is 234. The molecule has 0 saturated carbocycles.